The van der Waals surface area contributed by atoms with E-state index >= 15 is 0 Å². The van der Waals surface area contributed by atoms with Crippen molar-refractivity contribution in [3.63, 3.8) is 0 Å². The topological polar surface area (TPSA) is 89.4 Å². The van der Waals surface area contributed by atoms with E-state index in [0.29, 0.717) is 5.76 Å². The minimum atomic E-state index is -3.73. The number of nitrogens with zero attached hydrogens (tertiary/aromatic N) is 2. The van der Waals surface area contributed by atoms with Crippen molar-refractivity contribution in [2.45, 2.75) is 38.3 Å². The van der Waals surface area contributed by atoms with Gasteiger partial charge in [0.25, 0.3) is 0 Å². The summed E-state index contributed by atoms with van der Waals surface area (Å²) in [4.78, 5) is 3.86. The molecule has 0 saturated heterocycles. The zero-order valence-corrected chi connectivity index (χ0v) is 13.1. The maximum atomic E-state index is 12.8. The van der Waals surface area contributed by atoms with Gasteiger partial charge in [-0.3, -0.25) is 0 Å². The molecule has 2 N–H and O–H groups in total. The van der Waals surface area contributed by atoms with Gasteiger partial charge in [-0.1, -0.05) is 0 Å². The fourth-order valence-electron chi connectivity index (χ4n) is 2.02. The average molecular weight is 309 g/mol. The van der Waals surface area contributed by atoms with E-state index < -0.39 is 10.0 Å². The molecule has 2 aromatic heterocycles. The third kappa shape index (κ3) is 3.25. The second-order valence-electron chi connectivity index (χ2n) is 5.04. The Hall–Kier alpha value is -1.86. The molecule has 0 radical (unpaired) electrons. The summed E-state index contributed by atoms with van der Waals surface area (Å²) in [7, 11) is -3.73. The van der Waals surface area contributed by atoms with Crippen LogP contribution in [0.15, 0.2) is 39.8 Å². The summed E-state index contributed by atoms with van der Waals surface area (Å²) in [6.45, 7) is 5.58. The minimum Gasteiger partial charge on any atom is -0.465 e. The maximum Gasteiger partial charge on any atom is 0.247 e. The Bertz CT molecular complexity index is 723. The number of furan rings is 1. The number of aromatic nitrogens is 1. The average Bonchev–Trinajstić information content (AvgIpc) is 2.81. The van der Waals surface area contributed by atoms with Gasteiger partial charge in [0.2, 0.25) is 10.0 Å². The van der Waals surface area contributed by atoms with Crippen molar-refractivity contribution < 1.29 is 12.8 Å². The first kappa shape index (κ1) is 15.5. The molecule has 0 spiro atoms. The molecule has 0 fully saturated rings. The van der Waals surface area contributed by atoms with E-state index in [9.17, 15) is 8.42 Å². The third-order valence-corrected chi connectivity index (χ3v) is 5.14. The molecule has 0 atom stereocenters. The van der Waals surface area contributed by atoms with Crippen LogP contribution in [0.3, 0.4) is 0 Å². The van der Waals surface area contributed by atoms with E-state index in [0.717, 1.165) is 5.76 Å². The van der Waals surface area contributed by atoms with Crippen molar-refractivity contribution in [1.82, 2.24) is 9.29 Å². The lowest BCUT2D eigenvalue weighted by molar-refractivity contribution is 0.314. The van der Waals surface area contributed by atoms with Crippen LogP contribution in [-0.2, 0) is 16.6 Å². The number of pyridine rings is 1. The van der Waals surface area contributed by atoms with E-state index in [2.05, 4.69) is 4.98 Å². The molecule has 0 aliphatic carbocycles. The normalized spacial score (nSPS) is 12.2. The number of hydrogen-bond donors (Lipinski definition) is 1. The van der Waals surface area contributed by atoms with Gasteiger partial charge in [-0.15, -0.1) is 0 Å². The quantitative estimate of drug-likeness (QED) is 0.914. The van der Waals surface area contributed by atoms with Gasteiger partial charge in [-0.2, -0.15) is 4.31 Å². The van der Waals surface area contributed by atoms with Crippen LogP contribution in [0.25, 0.3) is 0 Å². The first-order valence-corrected chi connectivity index (χ1v) is 8.04. The fourth-order valence-corrected chi connectivity index (χ4v) is 3.69. The Balaban J connectivity index is 2.40. The molecule has 114 valence electrons. The molecule has 21 heavy (non-hydrogen) atoms. The summed E-state index contributed by atoms with van der Waals surface area (Å²) in [5, 5.41) is 0. The Labute approximate surface area is 124 Å². The Morgan fingerprint density at radius 3 is 2.57 bits per heavy atom. The second-order valence-corrected chi connectivity index (χ2v) is 6.90. The molecule has 0 aliphatic rings. The highest BCUT2D eigenvalue weighted by Gasteiger charge is 2.30. The summed E-state index contributed by atoms with van der Waals surface area (Å²) in [5.74, 6) is 1.33. The number of hydrogen-bond acceptors (Lipinski definition) is 5. The van der Waals surface area contributed by atoms with E-state index in [1.165, 1.54) is 16.6 Å². The van der Waals surface area contributed by atoms with Gasteiger partial charge in [-0.05, 0) is 45.0 Å². The number of nitrogens with two attached hydrogens (primary N) is 1. The van der Waals surface area contributed by atoms with Crippen LogP contribution in [0.5, 0.6) is 0 Å². The number of nitrogen functional groups attached to an aromatic ring is 1. The lowest BCUT2D eigenvalue weighted by Crippen LogP contribution is -2.36. The number of anilines is 1. The summed E-state index contributed by atoms with van der Waals surface area (Å²) in [6.07, 6.45) is 1.46. The zero-order chi connectivity index (χ0) is 15.6. The van der Waals surface area contributed by atoms with Gasteiger partial charge in [-0.25, -0.2) is 13.4 Å². The van der Waals surface area contributed by atoms with E-state index in [-0.39, 0.29) is 23.3 Å². The van der Waals surface area contributed by atoms with Crippen molar-refractivity contribution in [3.8, 4) is 0 Å². The molecule has 2 aromatic rings. The van der Waals surface area contributed by atoms with Crippen LogP contribution in [0.2, 0.25) is 0 Å². The van der Waals surface area contributed by atoms with Gasteiger partial charge >= 0.3 is 0 Å². The van der Waals surface area contributed by atoms with Gasteiger partial charge in [0, 0.05) is 12.2 Å². The van der Waals surface area contributed by atoms with Crippen molar-refractivity contribution in [1.29, 1.82) is 0 Å². The van der Waals surface area contributed by atoms with Crippen molar-refractivity contribution >= 4 is 15.8 Å². The predicted molar refractivity (Wildman–Crippen MR) is 80.0 cm³/mol. The molecule has 7 heteroatoms. The van der Waals surface area contributed by atoms with Crippen LogP contribution in [-0.4, -0.2) is 23.7 Å². The van der Waals surface area contributed by atoms with Crippen LogP contribution in [0.4, 0.5) is 5.82 Å². The predicted octanol–water partition coefficient (Wildman–Crippen LogP) is 2.16. The van der Waals surface area contributed by atoms with Gasteiger partial charge < -0.3 is 10.2 Å². The lowest BCUT2D eigenvalue weighted by Gasteiger charge is -2.25. The van der Waals surface area contributed by atoms with Crippen LogP contribution in [0, 0.1) is 6.92 Å². The van der Waals surface area contributed by atoms with Crippen LogP contribution < -0.4 is 5.73 Å². The van der Waals surface area contributed by atoms with Gasteiger partial charge in [0.05, 0.1) is 6.54 Å². The molecule has 0 unspecified atom stereocenters. The highest BCUT2D eigenvalue weighted by molar-refractivity contribution is 7.89. The van der Waals surface area contributed by atoms with E-state index in [4.69, 9.17) is 10.2 Å². The molecule has 0 saturated carbocycles. The molecule has 0 bridgehead atoms. The maximum absolute atomic E-state index is 12.8. The van der Waals surface area contributed by atoms with Crippen LogP contribution >= 0.6 is 0 Å². The standard InChI is InChI=1S/C14H19N3O3S/c1-10(2)17(9-12-7-6-11(3)20-12)21(18,19)13-5-4-8-16-14(13)15/h4-8,10H,9H2,1-3H3,(H2,15,16). The Morgan fingerprint density at radius 1 is 1.33 bits per heavy atom. The SMILES string of the molecule is Cc1ccc(CN(C(C)C)S(=O)(=O)c2cccnc2N)o1. The molecule has 0 aliphatic heterocycles. The minimum absolute atomic E-state index is 0.00113. The third-order valence-electron chi connectivity index (χ3n) is 3.07. The molecule has 6 nitrogen and oxygen atoms in total. The zero-order valence-electron chi connectivity index (χ0n) is 12.3. The number of sulfonamides is 1. The first-order chi connectivity index (χ1) is 9.82. The summed E-state index contributed by atoms with van der Waals surface area (Å²) in [5.41, 5.74) is 5.70. The second kappa shape index (κ2) is 5.87. The lowest BCUT2D eigenvalue weighted by atomic mass is 10.3. The molecule has 0 amide bonds. The molecule has 0 aromatic carbocycles. The summed E-state index contributed by atoms with van der Waals surface area (Å²) in [6, 6.07) is 6.35. The van der Waals surface area contributed by atoms with Gasteiger partial charge in [0.15, 0.2) is 0 Å². The van der Waals surface area contributed by atoms with Gasteiger partial charge in [0.1, 0.15) is 22.2 Å². The molecule has 2 rings (SSSR count). The summed E-state index contributed by atoms with van der Waals surface area (Å²) < 4.78 is 32.4. The monoisotopic (exact) mass is 309 g/mol. The number of rotatable bonds is 5. The van der Waals surface area contributed by atoms with Crippen molar-refractivity contribution in [2.24, 2.45) is 0 Å². The van der Waals surface area contributed by atoms with Crippen LogP contribution in [0.1, 0.15) is 25.4 Å². The molecular formula is C14H19N3O3S. The highest BCUT2D eigenvalue weighted by Crippen LogP contribution is 2.24. The largest absolute Gasteiger partial charge is 0.465 e. The fraction of sp³-hybridized carbons (Fsp3) is 0.357. The Kier molecular flexibility index (Phi) is 4.34. The van der Waals surface area contributed by atoms with Crippen molar-refractivity contribution in [3.05, 3.63) is 42.0 Å². The molecule has 2 heterocycles. The smallest absolute Gasteiger partial charge is 0.247 e. The Morgan fingerprint density at radius 2 is 2.05 bits per heavy atom. The molecular weight excluding hydrogens is 290 g/mol. The number of aryl methyl sites for hydroxylation is 1. The summed E-state index contributed by atoms with van der Waals surface area (Å²) >= 11 is 0. The van der Waals surface area contributed by atoms with Crippen molar-refractivity contribution in [2.75, 3.05) is 5.73 Å². The highest BCUT2D eigenvalue weighted by atomic mass is 32.2. The van der Waals surface area contributed by atoms with E-state index in [1.807, 2.05) is 6.92 Å². The van der Waals surface area contributed by atoms with E-state index in [1.54, 1.807) is 32.0 Å². The first-order valence-electron chi connectivity index (χ1n) is 6.60.